The normalized spacial score (nSPS) is 11.5. The van der Waals surface area contributed by atoms with E-state index in [4.69, 9.17) is 4.42 Å². The molecule has 0 saturated heterocycles. The molecule has 0 aliphatic rings. The number of nitrogens with zero attached hydrogens (tertiary/aromatic N) is 1. The summed E-state index contributed by atoms with van der Waals surface area (Å²) in [6, 6.07) is 10.6. The van der Waals surface area contributed by atoms with Gasteiger partial charge in [0.05, 0.1) is 22.0 Å². The van der Waals surface area contributed by atoms with Gasteiger partial charge in [0.1, 0.15) is 0 Å². The highest BCUT2D eigenvalue weighted by molar-refractivity contribution is 7.25. The van der Waals surface area contributed by atoms with Crippen molar-refractivity contribution in [3.05, 3.63) is 53.9 Å². The van der Waals surface area contributed by atoms with Crippen molar-refractivity contribution >= 4 is 31.7 Å². The molecule has 3 heterocycles. The van der Waals surface area contributed by atoms with Crippen LogP contribution in [0.15, 0.2) is 47.2 Å². The highest BCUT2D eigenvalue weighted by Gasteiger charge is 2.14. The lowest BCUT2D eigenvalue weighted by atomic mass is 10.0. The molecule has 20 heavy (non-hydrogen) atoms. The summed E-state index contributed by atoms with van der Waals surface area (Å²) in [7, 11) is 0. The molecule has 0 bridgehead atoms. The van der Waals surface area contributed by atoms with Gasteiger partial charge >= 0.3 is 0 Å². The number of aromatic nitrogens is 1. The van der Waals surface area contributed by atoms with Crippen LogP contribution in [0.3, 0.4) is 0 Å². The molecule has 0 unspecified atom stereocenters. The first-order valence-electron chi connectivity index (χ1n) is 6.56. The number of thiophene rings is 1. The second-order valence-electron chi connectivity index (χ2n) is 5.13. The molecule has 4 aromatic rings. The van der Waals surface area contributed by atoms with E-state index in [0.29, 0.717) is 0 Å². The summed E-state index contributed by atoms with van der Waals surface area (Å²) in [4.78, 5) is 4.61. The highest BCUT2D eigenvalue weighted by Crippen LogP contribution is 2.39. The van der Waals surface area contributed by atoms with Crippen molar-refractivity contribution in [3.8, 4) is 11.3 Å². The van der Waals surface area contributed by atoms with E-state index in [1.165, 1.54) is 20.5 Å². The maximum absolute atomic E-state index is 5.66. The first kappa shape index (κ1) is 11.7. The van der Waals surface area contributed by atoms with E-state index >= 15 is 0 Å². The van der Waals surface area contributed by atoms with Gasteiger partial charge in [-0.1, -0.05) is 17.2 Å². The van der Waals surface area contributed by atoms with Gasteiger partial charge in [-0.05, 0) is 38.1 Å². The molecule has 0 spiro atoms. The number of pyridine rings is 1. The third kappa shape index (κ3) is 1.67. The number of hydrogen-bond acceptors (Lipinski definition) is 3. The van der Waals surface area contributed by atoms with Gasteiger partial charge in [0, 0.05) is 16.5 Å². The quantitative estimate of drug-likeness (QED) is 0.471. The number of rotatable bonds is 1. The smallest absolute Gasteiger partial charge is 0.154 e. The average Bonchev–Trinajstić information content (AvgIpc) is 2.96. The Morgan fingerprint density at radius 1 is 1.00 bits per heavy atom. The monoisotopic (exact) mass is 279 g/mol. The molecule has 0 aliphatic heterocycles. The molecule has 3 heteroatoms. The van der Waals surface area contributed by atoms with Crippen molar-refractivity contribution in [3.63, 3.8) is 0 Å². The zero-order valence-electron chi connectivity index (χ0n) is 11.3. The van der Waals surface area contributed by atoms with E-state index in [0.717, 1.165) is 22.2 Å². The largest absolute Gasteiger partial charge is 0.463 e. The predicted octanol–water partition coefficient (Wildman–Crippen LogP) is 5.33. The second-order valence-corrected chi connectivity index (χ2v) is 6.21. The van der Waals surface area contributed by atoms with Crippen LogP contribution in [0.4, 0.5) is 0 Å². The number of furan rings is 1. The maximum atomic E-state index is 5.66. The molecule has 0 amide bonds. The lowest BCUT2D eigenvalue weighted by Gasteiger charge is -2.05. The number of hydrogen-bond donors (Lipinski definition) is 0. The fraction of sp³-hybridized carbons (Fsp3) is 0.118. The molecule has 0 saturated carbocycles. The molecule has 1 aromatic carbocycles. The predicted molar refractivity (Wildman–Crippen MR) is 84.3 cm³/mol. The van der Waals surface area contributed by atoms with Crippen molar-refractivity contribution in [1.29, 1.82) is 0 Å². The van der Waals surface area contributed by atoms with Crippen molar-refractivity contribution < 1.29 is 4.42 Å². The van der Waals surface area contributed by atoms with Crippen LogP contribution in [0.25, 0.3) is 31.6 Å². The van der Waals surface area contributed by atoms with Crippen LogP contribution < -0.4 is 0 Å². The van der Waals surface area contributed by atoms with E-state index in [1.807, 2.05) is 12.3 Å². The standard InChI is InChI=1S/C17H13NOS/c1-10-7-11(2)9-12(8-10)16-15-13(3-5-18-16)20-14-4-6-19-17(14)15/h3-9H,1-2H3. The summed E-state index contributed by atoms with van der Waals surface area (Å²) in [5, 5.41) is 1.13. The van der Waals surface area contributed by atoms with Crippen molar-refractivity contribution in [2.24, 2.45) is 0 Å². The van der Waals surface area contributed by atoms with Crippen LogP contribution in [0.5, 0.6) is 0 Å². The first-order valence-corrected chi connectivity index (χ1v) is 7.37. The van der Waals surface area contributed by atoms with Crippen LogP contribution in [0.1, 0.15) is 11.1 Å². The van der Waals surface area contributed by atoms with Gasteiger partial charge in [-0.25, -0.2) is 0 Å². The summed E-state index contributed by atoms with van der Waals surface area (Å²) >= 11 is 1.75. The fourth-order valence-electron chi connectivity index (χ4n) is 2.76. The third-order valence-electron chi connectivity index (χ3n) is 3.48. The van der Waals surface area contributed by atoms with Crippen LogP contribution >= 0.6 is 11.3 Å². The van der Waals surface area contributed by atoms with E-state index in [1.54, 1.807) is 17.6 Å². The molecular formula is C17H13NOS. The Hall–Kier alpha value is -2.13. The van der Waals surface area contributed by atoms with Crippen molar-refractivity contribution in [1.82, 2.24) is 4.98 Å². The molecule has 98 valence electrons. The molecule has 0 radical (unpaired) electrons. The molecular weight excluding hydrogens is 266 g/mol. The minimum atomic E-state index is 0.951. The lowest BCUT2D eigenvalue weighted by molar-refractivity contribution is 0.619. The van der Waals surface area contributed by atoms with Crippen LogP contribution in [-0.4, -0.2) is 4.98 Å². The van der Waals surface area contributed by atoms with Gasteiger partial charge in [0.2, 0.25) is 0 Å². The molecule has 3 aromatic heterocycles. The Morgan fingerprint density at radius 3 is 2.60 bits per heavy atom. The van der Waals surface area contributed by atoms with Crippen LogP contribution in [-0.2, 0) is 0 Å². The maximum Gasteiger partial charge on any atom is 0.154 e. The summed E-state index contributed by atoms with van der Waals surface area (Å²) in [5.74, 6) is 0. The van der Waals surface area contributed by atoms with Crippen LogP contribution in [0, 0.1) is 13.8 Å². The van der Waals surface area contributed by atoms with E-state index in [2.05, 4.69) is 43.1 Å². The zero-order valence-corrected chi connectivity index (χ0v) is 12.1. The Bertz CT molecular complexity index is 912. The molecule has 2 nitrogen and oxygen atoms in total. The van der Waals surface area contributed by atoms with Gasteiger partial charge in [-0.2, -0.15) is 0 Å². The summed E-state index contributed by atoms with van der Waals surface area (Å²) in [5.41, 5.74) is 5.63. The van der Waals surface area contributed by atoms with Gasteiger partial charge < -0.3 is 4.42 Å². The first-order chi connectivity index (χ1) is 9.72. The Balaban J connectivity index is 2.12. The Kier molecular flexibility index (Phi) is 2.44. The SMILES string of the molecule is Cc1cc(C)cc(-c2nccc3sc4ccoc4c23)c1. The average molecular weight is 279 g/mol. The Morgan fingerprint density at radius 2 is 1.80 bits per heavy atom. The third-order valence-corrected chi connectivity index (χ3v) is 4.59. The van der Waals surface area contributed by atoms with E-state index in [9.17, 15) is 0 Å². The number of benzene rings is 1. The fourth-order valence-corrected chi connectivity index (χ4v) is 3.78. The molecule has 0 N–H and O–H groups in total. The minimum absolute atomic E-state index is 0.951. The van der Waals surface area contributed by atoms with Crippen molar-refractivity contribution in [2.75, 3.05) is 0 Å². The van der Waals surface area contributed by atoms with Gasteiger partial charge in [0.25, 0.3) is 0 Å². The zero-order chi connectivity index (χ0) is 13.7. The van der Waals surface area contributed by atoms with Crippen molar-refractivity contribution in [2.45, 2.75) is 13.8 Å². The van der Waals surface area contributed by atoms with Gasteiger partial charge in [-0.3, -0.25) is 4.98 Å². The van der Waals surface area contributed by atoms with E-state index < -0.39 is 0 Å². The molecule has 0 atom stereocenters. The minimum Gasteiger partial charge on any atom is -0.463 e. The molecule has 0 aliphatic carbocycles. The highest BCUT2D eigenvalue weighted by atomic mass is 32.1. The Labute approximate surface area is 120 Å². The van der Waals surface area contributed by atoms with Gasteiger partial charge in [0.15, 0.2) is 5.58 Å². The van der Waals surface area contributed by atoms with Crippen LogP contribution in [0.2, 0.25) is 0 Å². The topological polar surface area (TPSA) is 26.0 Å². The summed E-state index contributed by atoms with van der Waals surface area (Å²) in [6.45, 7) is 4.24. The van der Waals surface area contributed by atoms with Gasteiger partial charge in [-0.15, -0.1) is 11.3 Å². The summed E-state index contributed by atoms with van der Waals surface area (Å²) in [6.07, 6.45) is 3.63. The number of aryl methyl sites for hydroxylation is 2. The molecule has 4 rings (SSSR count). The lowest BCUT2D eigenvalue weighted by Crippen LogP contribution is -1.86. The van der Waals surface area contributed by atoms with E-state index in [-0.39, 0.29) is 0 Å². The second kappa shape index (κ2) is 4.18. The number of fused-ring (bicyclic) bond motifs is 3. The summed E-state index contributed by atoms with van der Waals surface area (Å²) < 4.78 is 8.07. The molecule has 0 fully saturated rings.